The number of carbonyl (C=O) groups is 2. The van der Waals surface area contributed by atoms with Crippen molar-refractivity contribution in [2.24, 2.45) is 0 Å². The molecule has 0 aliphatic heterocycles. The maximum atomic E-state index is 13.1. The number of halogens is 1. The Morgan fingerprint density at radius 1 is 1.30 bits per heavy atom. The van der Waals surface area contributed by atoms with Crippen LogP contribution in [0.4, 0.5) is 4.39 Å². The number of carbonyl (C=O) groups excluding carboxylic acids is 2. The van der Waals surface area contributed by atoms with Gasteiger partial charge in [-0.15, -0.1) is 11.3 Å². The number of thiophene rings is 1. The first kappa shape index (κ1) is 17.7. The third kappa shape index (κ3) is 4.00. The van der Waals surface area contributed by atoms with E-state index in [2.05, 4.69) is 15.7 Å². The standard InChI is InChI=1S/C19H19FN4O2S/c1-11-15-8-16(18(26)21-9-17(25)22-14-6-7-14)27-19(15)24(23-11)10-12-2-4-13(20)5-3-12/h2-5,8,14H,6-7,9-10H2,1H3,(H,21,26)(H,22,25). The second kappa shape index (κ2) is 7.11. The molecule has 27 heavy (non-hydrogen) atoms. The van der Waals surface area contributed by atoms with Gasteiger partial charge in [0, 0.05) is 11.4 Å². The Morgan fingerprint density at radius 3 is 2.74 bits per heavy atom. The van der Waals surface area contributed by atoms with Crippen molar-refractivity contribution in [3.63, 3.8) is 0 Å². The summed E-state index contributed by atoms with van der Waals surface area (Å²) in [6, 6.07) is 8.36. The molecular weight excluding hydrogens is 367 g/mol. The van der Waals surface area contributed by atoms with Crippen LogP contribution in [-0.4, -0.2) is 34.2 Å². The van der Waals surface area contributed by atoms with Crippen molar-refractivity contribution in [2.75, 3.05) is 6.54 Å². The van der Waals surface area contributed by atoms with E-state index in [1.165, 1.54) is 23.5 Å². The van der Waals surface area contributed by atoms with E-state index in [1.807, 2.05) is 11.6 Å². The molecular formula is C19H19FN4O2S. The average molecular weight is 386 g/mol. The fourth-order valence-corrected chi connectivity index (χ4v) is 3.93. The summed E-state index contributed by atoms with van der Waals surface area (Å²) >= 11 is 1.34. The molecule has 1 saturated carbocycles. The fraction of sp³-hybridized carbons (Fsp3) is 0.316. The van der Waals surface area contributed by atoms with Gasteiger partial charge in [0.1, 0.15) is 10.6 Å². The van der Waals surface area contributed by atoms with Gasteiger partial charge in [-0.2, -0.15) is 5.10 Å². The topological polar surface area (TPSA) is 76.0 Å². The first-order chi connectivity index (χ1) is 13.0. The Labute approximate surface area is 159 Å². The molecule has 1 aliphatic rings. The lowest BCUT2D eigenvalue weighted by Gasteiger charge is -2.05. The monoisotopic (exact) mass is 386 g/mol. The third-order valence-corrected chi connectivity index (χ3v) is 5.58. The Balaban J connectivity index is 1.48. The molecule has 2 heterocycles. The summed E-state index contributed by atoms with van der Waals surface area (Å²) in [5, 5.41) is 10.9. The molecule has 1 aliphatic carbocycles. The van der Waals surface area contributed by atoms with Crippen molar-refractivity contribution in [2.45, 2.75) is 32.4 Å². The number of rotatable bonds is 6. The largest absolute Gasteiger partial charge is 0.352 e. The van der Waals surface area contributed by atoms with Crippen molar-refractivity contribution in [1.82, 2.24) is 20.4 Å². The summed E-state index contributed by atoms with van der Waals surface area (Å²) < 4.78 is 14.9. The molecule has 0 saturated heterocycles. The number of aryl methyl sites for hydroxylation is 1. The van der Waals surface area contributed by atoms with E-state index in [-0.39, 0.29) is 30.2 Å². The third-order valence-electron chi connectivity index (χ3n) is 4.43. The van der Waals surface area contributed by atoms with Gasteiger partial charge in [-0.3, -0.25) is 14.3 Å². The minimum atomic E-state index is -0.277. The highest BCUT2D eigenvalue weighted by atomic mass is 32.1. The van der Waals surface area contributed by atoms with E-state index in [0.717, 1.165) is 34.3 Å². The Morgan fingerprint density at radius 2 is 2.04 bits per heavy atom. The van der Waals surface area contributed by atoms with Crippen LogP contribution in [0.25, 0.3) is 10.2 Å². The average Bonchev–Trinajstić information content (AvgIpc) is 3.25. The highest BCUT2D eigenvalue weighted by molar-refractivity contribution is 7.20. The lowest BCUT2D eigenvalue weighted by Crippen LogP contribution is -2.37. The molecule has 4 rings (SSSR count). The van der Waals surface area contributed by atoms with Crippen LogP contribution in [0.2, 0.25) is 0 Å². The summed E-state index contributed by atoms with van der Waals surface area (Å²) in [7, 11) is 0. The molecule has 1 fully saturated rings. The number of amides is 2. The lowest BCUT2D eigenvalue weighted by molar-refractivity contribution is -0.120. The number of aromatic nitrogens is 2. The van der Waals surface area contributed by atoms with Gasteiger partial charge >= 0.3 is 0 Å². The summed E-state index contributed by atoms with van der Waals surface area (Å²) in [6.45, 7) is 2.36. The molecule has 1 aromatic carbocycles. The molecule has 0 bridgehead atoms. The zero-order valence-electron chi connectivity index (χ0n) is 14.8. The zero-order chi connectivity index (χ0) is 19.0. The normalized spacial score (nSPS) is 13.7. The van der Waals surface area contributed by atoms with Crippen LogP contribution in [-0.2, 0) is 11.3 Å². The molecule has 8 heteroatoms. The van der Waals surface area contributed by atoms with Gasteiger partial charge in [0.05, 0.1) is 23.7 Å². The van der Waals surface area contributed by atoms with Crippen molar-refractivity contribution in [1.29, 1.82) is 0 Å². The smallest absolute Gasteiger partial charge is 0.261 e. The number of nitrogens with zero attached hydrogens (tertiary/aromatic N) is 2. The van der Waals surface area contributed by atoms with Gasteiger partial charge in [-0.1, -0.05) is 12.1 Å². The van der Waals surface area contributed by atoms with Crippen LogP contribution in [0, 0.1) is 12.7 Å². The maximum Gasteiger partial charge on any atom is 0.261 e. The van der Waals surface area contributed by atoms with Crippen molar-refractivity contribution in [3.8, 4) is 0 Å². The Kier molecular flexibility index (Phi) is 4.65. The molecule has 2 amide bonds. The van der Waals surface area contributed by atoms with Gasteiger partial charge in [0.25, 0.3) is 5.91 Å². The van der Waals surface area contributed by atoms with Crippen LogP contribution in [0.15, 0.2) is 30.3 Å². The van der Waals surface area contributed by atoms with E-state index in [4.69, 9.17) is 0 Å². The van der Waals surface area contributed by atoms with Gasteiger partial charge in [-0.25, -0.2) is 4.39 Å². The van der Waals surface area contributed by atoms with E-state index < -0.39 is 0 Å². The Bertz CT molecular complexity index is 1000. The van der Waals surface area contributed by atoms with Crippen LogP contribution in [0.1, 0.15) is 33.8 Å². The van der Waals surface area contributed by atoms with E-state index in [9.17, 15) is 14.0 Å². The minimum Gasteiger partial charge on any atom is -0.352 e. The predicted molar refractivity (Wildman–Crippen MR) is 101 cm³/mol. The number of hydrogen-bond acceptors (Lipinski definition) is 4. The fourth-order valence-electron chi connectivity index (χ4n) is 2.85. The van der Waals surface area contributed by atoms with Crippen LogP contribution >= 0.6 is 11.3 Å². The summed E-state index contributed by atoms with van der Waals surface area (Å²) in [5.41, 5.74) is 1.76. The van der Waals surface area contributed by atoms with Crippen LogP contribution in [0.3, 0.4) is 0 Å². The highest BCUT2D eigenvalue weighted by Crippen LogP contribution is 2.29. The lowest BCUT2D eigenvalue weighted by atomic mass is 10.2. The summed E-state index contributed by atoms with van der Waals surface area (Å²) in [4.78, 5) is 25.5. The van der Waals surface area contributed by atoms with Crippen LogP contribution < -0.4 is 10.6 Å². The number of hydrogen-bond donors (Lipinski definition) is 2. The quantitative estimate of drug-likeness (QED) is 0.684. The van der Waals surface area contributed by atoms with Gasteiger partial charge in [0.2, 0.25) is 5.91 Å². The van der Waals surface area contributed by atoms with E-state index >= 15 is 0 Å². The predicted octanol–water partition coefficient (Wildman–Crippen LogP) is 2.60. The second-order valence-electron chi connectivity index (χ2n) is 6.72. The van der Waals surface area contributed by atoms with Crippen molar-refractivity contribution in [3.05, 3.63) is 52.3 Å². The molecule has 0 atom stereocenters. The first-order valence-electron chi connectivity index (χ1n) is 8.78. The van der Waals surface area contributed by atoms with E-state index in [1.54, 1.807) is 18.2 Å². The molecule has 0 spiro atoms. The zero-order valence-corrected chi connectivity index (χ0v) is 15.6. The number of fused-ring (bicyclic) bond motifs is 1. The molecule has 2 N–H and O–H groups in total. The summed E-state index contributed by atoms with van der Waals surface area (Å²) in [6.07, 6.45) is 2.03. The van der Waals surface area contributed by atoms with E-state index in [0.29, 0.717) is 11.4 Å². The molecule has 3 aromatic rings. The van der Waals surface area contributed by atoms with Gasteiger partial charge in [0.15, 0.2) is 0 Å². The highest BCUT2D eigenvalue weighted by Gasteiger charge is 2.23. The first-order valence-corrected chi connectivity index (χ1v) is 9.60. The second-order valence-corrected chi connectivity index (χ2v) is 7.75. The molecule has 6 nitrogen and oxygen atoms in total. The SMILES string of the molecule is Cc1nn(Cc2ccc(F)cc2)c2sc(C(=O)NCC(=O)NC3CC3)cc12. The molecule has 140 valence electrons. The number of benzene rings is 1. The maximum absolute atomic E-state index is 13.1. The minimum absolute atomic E-state index is 0.0235. The van der Waals surface area contributed by atoms with Crippen molar-refractivity contribution >= 4 is 33.4 Å². The number of nitrogens with one attached hydrogen (secondary N) is 2. The molecule has 2 aromatic heterocycles. The summed E-state index contributed by atoms with van der Waals surface area (Å²) in [5.74, 6) is -0.707. The van der Waals surface area contributed by atoms with Gasteiger partial charge in [-0.05, 0) is 43.5 Å². The van der Waals surface area contributed by atoms with Gasteiger partial charge < -0.3 is 10.6 Å². The van der Waals surface area contributed by atoms with Crippen molar-refractivity contribution < 1.29 is 14.0 Å². The molecule has 0 radical (unpaired) electrons. The van der Waals surface area contributed by atoms with Crippen LogP contribution in [0.5, 0.6) is 0 Å². The Hall–Kier alpha value is -2.74. The molecule has 0 unspecified atom stereocenters.